The third-order valence-electron chi connectivity index (χ3n) is 1.76. The molecule has 0 aliphatic heterocycles. The first-order valence-electron chi connectivity index (χ1n) is 4.53. The first kappa shape index (κ1) is 11.1. The number of hydrogen-bond donors (Lipinski definition) is 0. The fourth-order valence-corrected chi connectivity index (χ4v) is 1.55. The fourth-order valence-electron chi connectivity index (χ4n) is 1.12. The van der Waals surface area contributed by atoms with Gasteiger partial charge in [-0.3, -0.25) is 4.79 Å². The van der Waals surface area contributed by atoms with Crippen LogP contribution in [0.1, 0.15) is 17.3 Å². The van der Waals surface area contributed by atoms with Gasteiger partial charge in [-0.05, 0) is 37.4 Å². The van der Waals surface area contributed by atoms with Crippen LogP contribution in [0.4, 0.5) is 0 Å². The largest absolute Gasteiger partial charge is 0.494 e. The lowest BCUT2D eigenvalue weighted by atomic mass is 10.1. The lowest BCUT2D eigenvalue weighted by Gasteiger charge is -2.03. The average Bonchev–Trinajstić information content (AvgIpc) is 2.20. The number of thioether (sulfide) groups is 1. The van der Waals surface area contributed by atoms with Crippen molar-refractivity contribution < 1.29 is 9.53 Å². The highest BCUT2D eigenvalue weighted by molar-refractivity contribution is 7.99. The van der Waals surface area contributed by atoms with Crippen LogP contribution in [-0.2, 0) is 0 Å². The molecule has 0 spiro atoms. The van der Waals surface area contributed by atoms with Crippen molar-refractivity contribution in [2.75, 3.05) is 18.6 Å². The van der Waals surface area contributed by atoms with Crippen molar-refractivity contribution in [3.05, 3.63) is 29.8 Å². The zero-order valence-electron chi connectivity index (χ0n) is 8.45. The van der Waals surface area contributed by atoms with Crippen molar-refractivity contribution >= 4 is 17.5 Å². The number of carbonyl (C=O) groups excluding carboxylic acids is 1. The summed E-state index contributed by atoms with van der Waals surface area (Å²) in [6.45, 7) is 2.59. The zero-order chi connectivity index (χ0) is 10.4. The van der Waals surface area contributed by atoms with E-state index in [4.69, 9.17) is 4.74 Å². The molecule has 0 aliphatic rings. The first-order chi connectivity index (χ1) is 6.77. The van der Waals surface area contributed by atoms with E-state index < -0.39 is 0 Å². The second-order valence-electron chi connectivity index (χ2n) is 2.81. The molecule has 0 atom stereocenters. The Balaban J connectivity index is 2.67. The molecular formula is C11H14O2S. The third-order valence-corrected chi connectivity index (χ3v) is 2.31. The fraction of sp³-hybridized carbons (Fsp3) is 0.364. The summed E-state index contributed by atoms with van der Waals surface area (Å²) in [5.74, 6) is 1.52. The van der Waals surface area contributed by atoms with Gasteiger partial charge in [0.15, 0.2) is 5.78 Å². The molecule has 0 amide bonds. The molecule has 0 fully saturated rings. The molecule has 76 valence electrons. The lowest BCUT2D eigenvalue weighted by Crippen LogP contribution is -2.01. The van der Waals surface area contributed by atoms with Gasteiger partial charge in [0.1, 0.15) is 5.75 Å². The number of carbonyl (C=O) groups is 1. The summed E-state index contributed by atoms with van der Waals surface area (Å²) in [6, 6.07) is 7.28. The van der Waals surface area contributed by atoms with Crippen LogP contribution in [0.5, 0.6) is 5.75 Å². The Morgan fingerprint density at radius 3 is 2.50 bits per heavy atom. The molecule has 0 saturated carbocycles. The normalized spacial score (nSPS) is 9.86. The lowest BCUT2D eigenvalue weighted by molar-refractivity contribution is 0.102. The van der Waals surface area contributed by atoms with Crippen LogP contribution in [0, 0.1) is 0 Å². The first-order valence-corrected chi connectivity index (χ1v) is 5.92. The van der Waals surface area contributed by atoms with Crippen LogP contribution in [-0.4, -0.2) is 24.4 Å². The van der Waals surface area contributed by atoms with Crippen LogP contribution in [0.15, 0.2) is 24.3 Å². The van der Waals surface area contributed by atoms with Crippen LogP contribution < -0.4 is 4.74 Å². The molecule has 1 rings (SSSR count). The van der Waals surface area contributed by atoms with Crippen molar-refractivity contribution in [1.29, 1.82) is 0 Å². The molecule has 0 aliphatic carbocycles. The summed E-state index contributed by atoms with van der Waals surface area (Å²) in [7, 11) is 0. The molecule has 0 bridgehead atoms. The van der Waals surface area contributed by atoms with E-state index in [0.29, 0.717) is 12.4 Å². The Labute approximate surface area is 88.7 Å². The molecule has 0 radical (unpaired) electrons. The Hall–Kier alpha value is -0.960. The van der Waals surface area contributed by atoms with Crippen molar-refractivity contribution in [2.45, 2.75) is 6.92 Å². The third kappa shape index (κ3) is 3.07. The Bertz CT molecular complexity index is 293. The standard InChI is InChI=1S/C11H14O2S/c1-3-13-10-6-4-9(5-7-10)11(12)8-14-2/h4-7H,3,8H2,1-2H3. The summed E-state index contributed by atoms with van der Waals surface area (Å²) < 4.78 is 5.28. The van der Waals surface area contributed by atoms with Gasteiger partial charge in [0, 0.05) is 5.56 Å². The second kappa shape index (κ2) is 5.70. The number of ketones is 1. The molecule has 0 heterocycles. The van der Waals surface area contributed by atoms with E-state index in [0.717, 1.165) is 11.3 Å². The Kier molecular flexibility index (Phi) is 4.53. The maximum absolute atomic E-state index is 11.5. The molecule has 0 unspecified atom stereocenters. The van der Waals surface area contributed by atoms with Crippen molar-refractivity contribution in [1.82, 2.24) is 0 Å². The molecule has 1 aromatic rings. The molecule has 0 aromatic heterocycles. The van der Waals surface area contributed by atoms with E-state index in [1.165, 1.54) is 11.8 Å². The van der Waals surface area contributed by atoms with E-state index in [1.54, 1.807) is 0 Å². The number of rotatable bonds is 5. The van der Waals surface area contributed by atoms with Gasteiger partial charge in [-0.15, -0.1) is 0 Å². The van der Waals surface area contributed by atoms with Gasteiger partial charge >= 0.3 is 0 Å². The maximum Gasteiger partial charge on any atom is 0.172 e. The van der Waals surface area contributed by atoms with E-state index in [1.807, 2.05) is 37.4 Å². The molecule has 0 saturated heterocycles. The summed E-state index contributed by atoms with van der Waals surface area (Å²) in [6.07, 6.45) is 1.92. The molecule has 14 heavy (non-hydrogen) atoms. The van der Waals surface area contributed by atoms with Crippen molar-refractivity contribution in [3.8, 4) is 5.75 Å². The van der Waals surface area contributed by atoms with Gasteiger partial charge in [0.05, 0.1) is 12.4 Å². The summed E-state index contributed by atoms with van der Waals surface area (Å²) >= 11 is 1.54. The number of Topliss-reactive ketones (excluding diaryl/α,β-unsaturated/α-hetero) is 1. The smallest absolute Gasteiger partial charge is 0.172 e. The van der Waals surface area contributed by atoms with E-state index in [2.05, 4.69) is 0 Å². The molecule has 2 nitrogen and oxygen atoms in total. The minimum atomic E-state index is 0.167. The number of hydrogen-bond acceptors (Lipinski definition) is 3. The minimum Gasteiger partial charge on any atom is -0.494 e. The van der Waals surface area contributed by atoms with Crippen LogP contribution in [0.25, 0.3) is 0 Å². The molecule has 1 aromatic carbocycles. The highest BCUT2D eigenvalue weighted by Crippen LogP contribution is 2.13. The highest BCUT2D eigenvalue weighted by atomic mass is 32.2. The minimum absolute atomic E-state index is 0.167. The monoisotopic (exact) mass is 210 g/mol. The summed E-state index contributed by atoms with van der Waals surface area (Å²) in [5.41, 5.74) is 0.753. The Morgan fingerprint density at radius 1 is 1.36 bits per heavy atom. The summed E-state index contributed by atoms with van der Waals surface area (Å²) in [5, 5.41) is 0. The van der Waals surface area contributed by atoms with Gasteiger partial charge in [0.2, 0.25) is 0 Å². The van der Waals surface area contributed by atoms with Crippen LogP contribution in [0.2, 0.25) is 0 Å². The molecule has 0 N–H and O–H groups in total. The SMILES string of the molecule is CCOc1ccc(C(=O)CSC)cc1. The quantitative estimate of drug-likeness (QED) is 0.699. The topological polar surface area (TPSA) is 26.3 Å². The van der Waals surface area contributed by atoms with Gasteiger partial charge in [-0.2, -0.15) is 11.8 Å². The second-order valence-corrected chi connectivity index (χ2v) is 3.68. The summed E-state index contributed by atoms with van der Waals surface area (Å²) in [4.78, 5) is 11.5. The maximum atomic E-state index is 11.5. The highest BCUT2D eigenvalue weighted by Gasteiger charge is 2.04. The predicted molar refractivity (Wildman–Crippen MR) is 60.3 cm³/mol. The van der Waals surface area contributed by atoms with Gasteiger partial charge in [0.25, 0.3) is 0 Å². The zero-order valence-corrected chi connectivity index (χ0v) is 9.26. The van der Waals surface area contributed by atoms with Crippen molar-refractivity contribution in [2.24, 2.45) is 0 Å². The predicted octanol–water partition coefficient (Wildman–Crippen LogP) is 2.63. The van der Waals surface area contributed by atoms with Gasteiger partial charge < -0.3 is 4.74 Å². The van der Waals surface area contributed by atoms with Crippen LogP contribution >= 0.6 is 11.8 Å². The van der Waals surface area contributed by atoms with E-state index in [-0.39, 0.29) is 5.78 Å². The number of ether oxygens (including phenoxy) is 1. The van der Waals surface area contributed by atoms with E-state index in [9.17, 15) is 4.79 Å². The molecule has 3 heteroatoms. The number of benzene rings is 1. The van der Waals surface area contributed by atoms with Crippen molar-refractivity contribution in [3.63, 3.8) is 0 Å². The van der Waals surface area contributed by atoms with Gasteiger partial charge in [-0.1, -0.05) is 0 Å². The van der Waals surface area contributed by atoms with E-state index >= 15 is 0 Å². The van der Waals surface area contributed by atoms with Crippen LogP contribution in [0.3, 0.4) is 0 Å². The average molecular weight is 210 g/mol. The Morgan fingerprint density at radius 2 is 2.00 bits per heavy atom. The van der Waals surface area contributed by atoms with Gasteiger partial charge in [-0.25, -0.2) is 0 Å². The molecular weight excluding hydrogens is 196 g/mol.